The van der Waals surface area contributed by atoms with Crippen LogP contribution in [0.25, 0.3) is 0 Å². The number of benzene rings is 2. The van der Waals surface area contributed by atoms with Gasteiger partial charge in [0.1, 0.15) is 12.2 Å². The molecule has 10 nitrogen and oxygen atoms in total. The monoisotopic (exact) mass is 542 g/mol. The standard InChI is InChI=1S/C24H34N2O8S2/c1-23(31-3)24(2,32-4)34-22(16-26-18-9-13-20(14-10-18)36(6,29)30)21(33-23)15-25-17-7-11-19(12-8-17)35(5,27)28/h7-14,21-22,25-26H,15-16H2,1-6H3/t21-,22-,23-,24+/m0/s1. The molecule has 0 aromatic heterocycles. The van der Waals surface area contributed by atoms with Crippen LogP contribution in [0.15, 0.2) is 58.3 Å². The zero-order chi connectivity index (χ0) is 26.8. The summed E-state index contributed by atoms with van der Waals surface area (Å²) in [4.78, 5) is 0.467. The maximum atomic E-state index is 11.7. The summed E-state index contributed by atoms with van der Waals surface area (Å²) >= 11 is 0. The first-order chi connectivity index (χ1) is 16.7. The van der Waals surface area contributed by atoms with E-state index in [1.165, 1.54) is 38.5 Å². The molecule has 3 rings (SSSR count). The highest BCUT2D eigenvalue weighted by Crippen LogP contribution is 2.39. The van der Waals surface area contributed by atoms with Gasteiger partial charge in [0.05, 0.1) is 9.79 Å². The van der Waals surface area contributed by atoms with Crippen LogP contribution in [0, 0.1) is 0 Å². The fourth-order valence-electron chi connectivity index (χ4n) is 3.83. The molecule has 2 aromatic carbocycles. The van der Waals surface area contributed by atoms with Gasteiger partial charge in [0.15, 0.2) is 19.7 Å². The van der Waals surface area contributed by atoms with Crippen LogP contribution in [0.5, 0.6) is 0 Å². The van der Waals surface area contributed by atoms with Crippen LogP contribution >= 0.6 is 0 Å². The molecule has 0 amide bonds. The zero-order valence-electron chi connectivity index (χ0n) is 21.3. The molecule has 1 fully saturated rings. The van der Waals surface area contributed by atoms with Crippen molar-refractivity contribution in [1.82, 2.24) is 0 Å². The van der Waals surface area contributed by atoms with Crippen molar-refractivity contribution in [1.29, 1.82) is 0 Å². The molecule has 2 aromatic rings. The number of hydrogen-bond acceptors (Lipinski definition) is 10. The van der Waals surface area contributed by atoms with Crippen molar-refractivity contribution < 1.29 is 35.8 Å². The van der Waals surface area contributed by atoms with Crippen molar-refractivity contribution in [3.63, 3.8) is 0 Å². The summed E-state index contributed by atoms with van der Waals surface area (Å²) in [5.74, 6) is -2.41. The molecular weight excluding hydrogens is 508 g/mol. The molecule has 0 spiro atoms. The van der Waals surface area contributed by atoms with Crippen molar-refractivity contribution in [2.75, 3.05) is 50.5 Å². The molecule has 12 heteroatoms. The van der Waals surface area contributed by atoms with Gasteiger partial charge in [-0.05, 0) is 62.4 Å². The summed E-state index contributed by atoms with van der Waals surface area (Å²) in [6.07, 6.45) is 1.34. The molecule has 0 unspecified atom stereocenters. The molecule has 1 heterocycles. The fourth-order valence-corrected chi connectivity index (χ4v) is 5.09. The van der Waals surface area contributed by atoms with Gasteiger partial charge in [-0.3, -0.25) is 0 Å². The van der Waals surface area contributed by atoms with Gasteiger partial charge in [-0.15, -0.1) is 0 Å². The summed E-state index contributed by atoms with van der Waals surface area (Å²) in [5, 5.41) is 6.52. The van der Waals surface area contributed by atoms with E-state index in [0.29, 0.717) is 24.5 Å². The average Bonchev–Trinajstić information content (AvgIpc) is 2.83. The van der Waals surface area contributed by atoms with Crippen molar-refractivity contribution in [3.05, 3.63) is 48.5 Å². The summed E-state index contributed by atoms with van der Waals surface area (Å²) in [6.45, 7) is 4.13. The first-order valence-corrected chi connectivity index (χ1v) is 15.0. The molecule has 0 saturated carbocycles. The highest BCUT2D eigenvalue weighted by molar-refractivity contribution is 7.91. The predicted molar refractivity (Wildman–Crippen MR) is 137 cm³/mol. The Balaban J connectivity index is 1.77. The molecule has 1 aliphatic heterocycles. The molecule has 0 radical (unpaired) electrons. The molecule has 36 heavy (non-hydrogen) atoms. The summed E-state index contributed by atoms with van der Waals surface area (Å²) in [7, 11) is -3.55. The van der Waals surface area contributed by atoms with Crippen molar-refractivity contribution in [2.24, 2.45) is 0 Å². The lowest BCUT2D eigenvalue weighted by molar-refractivity contribution is -0.444. The Labute approximate surface area is 213 Å². The van der Waals surface area contributed by atoms with Crippen molar-refractivity contribution in [2.45, 2.75) is 47.4 Å². The van der Waals surface area contributed by atoms with Gasteiger partial charge >= 0.3 is 0 Å². The third-order valence-electron chi connectivity index (χ3n) is 6.35. The van der Waals surface area contributed by atoms with Gasteiger partial charge in [0.25, 0.3) is 0 Å². The van der Waals surface area contributed by atoms with Crippen LogP contribution in [0.2, 0.25) is 0 Å². The Morgan fingerprint density at radius 3 is 1.25 bits per heavy atom. The van der Waals surface area contributed by atoms with E-state index in [9.17, 15) is 16.8 Å². The maximum Gasteiger partial charge on any atom is 0.220 e. The molecule has 1 aliphatic rings. The van der Waals surface area contributed by atoms with E-state index < -0.39 is 43.5 Å². The van der Waals surface area contributed by atoms with Crippen LogP contribution in [0.3, 0.4) is 0 Å². The van der Waals surface area contributed by atoms with Crippen LogP contribution < -0.4 is 10.6 Å². The number of rotatable bonds is 10. The van der Waals surface area contributed by atoms with E-state index >= 15 is 0 Å². The lowest BCUT2D eigenvalue weighted by atomic mass is 10.0. The first-order valence-electron chi connectivity index (χ1n) is 11.2. The van der Waals surface area contributed by atoms with Crippen LogP contribution in [0.1, 0.15) is 13.8 Å². The third kappa shape index (κ3) is 6.36. The van der Waals surface area contributed by atoms with Crippen LogP contribution in [0.4, 0.5) is 11.4 Å². The Morgan fingerprint density at radius 1 is 0.694 bits per heavy atom. The van der Waals surface area contributed by atoms with Gasteiger partial charge in [0, 0.05) is 51.2 Å². The Morgan fingerprint density at radius 2 is 1.00 bits per heavy atom. The number of methoxy groups -OCH3 is 2. The van der Waals surface area contributed by atoms with Crippen molar-refractivity contribution in [3.8, 4) is 0 Å². The number of sulfone groups is 2. The third-order valence-corrected chi connectivity index (χ3v) is 8.61. The molecule has 4 atom stereocenters. The maximum absolute atomic E-state index is 11.7. The summed E-state index contributed by atoms with van der Waals surface area (Å²) in [5.41, 5.74) is 1.43. The lowest BCUT2D eigenvalue weighted by Crippen LogP contribution is -2.67. The Hall–Kier alpha value is -2.22. The van der Waals surface area contributed by atoms with E-state index in [1.807, 2.05) is 0 Å². The van der Waals surface area contributed by atoms with Gasteiger partial charge in [-0.1, -0.05) is 0 Å². The second-order valence-corrected chi connectivity index (χ2v) is 13.0. The van der Waals surface area contributed by atoms with Crippen LogP contribution in [-0.2, 0) is 38.6 Å². The Kier molecular flexibility index (Phi) is 8.38. The number of ether oxygens (including phenoxy) is 4. The summed E-state index contributed by atoms with van der Waals surface area (Å²) in [6, 6.07) is 12.9. The number of hydrogen-bond donors (Lipinski definition) is 2. The molecular formula is C24H34N2O8S2. The van der Waals surface area contributed by atoms with E-state index in [0.717, 1.165) is 12.5 Å². The molecule has 2 N–H and O–H groups in total. The highest BCUT2D eigenvalue weighted by Gasteiger charge is 2.56. The van der Waals surface area contributed by atoms with E-state index in [4.69, 9.17) is 18.9 Å². The van der Waals surface area contributed by atoms with E-state index in [1.54, 1.807) is 38.1 Å². The average molecular weight is 543 g/mol. The second-order valence-electron chi connectivity index (χ2n) is 8.97. The Bertz CT molecular complexity index is 1150. The van der Waals surface area contributed by atoms with Gasteiger partial charge in [0.2, 0.25) is 11.6 Å². The normalized spacial score (nSPS) is 26.9. The van der Waals surface area contributed by atoms with Crippen LogP contribution in [-0.4, -0.2) is 80.4 Å². The SMILES string of the molecule is CO[C@@]1(C)O[C@@H](CNc2ccc(S(C)(=O)=O)cc2)[C@H](CNc2ccc(S(C)(=O)=O)cc2)O[C@@]1(C)OC. The summed E-state index contributed by atoms with van der Waals surface area (Å²) < 4.78 is 70.8. The van der Waals surface area contributed by atoms with Gasteiger partial charge < -0.3 is 29.6 Å². The van der Waals surface area contributed by atoms with Gasteiger partial charge in [-0.2, -0.15) is 0 Å². The minimum absolute atomic E-state index is 0.233. The predicted octanol–water partition coefficient (Wildman–Crippen LogP) is 2.53. The smallest absolute Gasteiger partial charge is 0.220 e. The minimum atomic E-state index is -3.29. The zero-order valence-corrected chi connectivity index (χ0v) is 22.9. The quantitative estimate of drug-likeness (QED) is 0.462. The van der Waals surface area contributed by atoms with Gasteiger partial charge in [-0.25, -0.2) is 16.8 Å². The molecule has 200 valence electrons. The minimum Gasteiger partial charge on any atom is -0.382 e. The largest absolute Gasteiger partial charge is 0.382 e. The van der Waals surface area contributed by atoms with E-state index in [2.05, 4.69) is 10.6 Å². The number of nitrogens with one attached hydrogen (secondary N) is 2. The first kappa shape index (κ1) is 28.4. The fraction of sp³-hybridized carbons (Fsp3) is 0.500. The second kappa shape index (κ2) is 10.6. The molecule has 0 aliphatic carbocycles. The van der Waals surface area contributed by atoms with E-state index in [-0.39, 0.29) is 9.79 Å². The highest BCUT2D eigenvalue weighted by atomic mass is 32.2. The molecule has 1 saturated heterocycles. The lowest BCUT2D eigenvalue weighted by Gasteiger charge is -2.52. The van der Waals surface area contributed by atoms with Crippen molar-refractivity contribution >= 4 is 31.0 Å². The number of anilines is 2. The topological polar surface area (TPSA) is 129 Å². The molecule has 0 bridgehead atoms.